The molecule has 3 heteroatoms. The molecule has 1 aromatic rings. The fraction of sp³-hybridized carbons (Fsp3) is 0.455. The number of halogens is 1. The highest BCUT2D eigenvalue weighted by atomic mass is 19.1. The molecule has 1 fully saturated rings. The van der Waals surface area contributed by atoms with E-state index >= 15 is 0 Å². The third-order valence-electron chi connectivity index (χ3n) is 2.54. The molecular weight excluding hydrogens is 179 g/mol. The topological polar surface area (TPSA) is 24.1 Å². The van der Waals surface area contributed by atoms with Gasteiger partial charge in [-0.3, -0.25) is 0 Å². The Morgan fingerprint density at radius 1 is 1.14 bits per heavy atom. The van der Waals surface area contributed by atoms with Gasteiger partial charge >= 0.3 is 0 Å². The largest absolute Gasteiger partial charge is 0.315 e. The van der Waals surface area contributed by atoms with Crippen molar-refractivity contribution in [1.82, 2.24) is 10.6 Å². The predicted octanol–water partition coefficient (Wildman–Crippen LogP) is 1.45. The van der Waals surface area contributed by atoms with Crippen molar-refractivity contribution in [3.05, 3.63) is 35.6 Å². The second-order valence-electron chi connectivity index (χ2n) is 3.62. The average Bonchev–Trinajstić information content (AvgIpc) is 2.47. The highest BCUT2D eigenvalue weighted by molar-refractivity contribution is 5.20. The van der Waals surface area contributed by atoms with Crippen LogP contribution in [0.2, 0.25) is 0 Å². The molecule has 1 aliphatic heterocycles. The number of hydrogen-bond donors (Lipinski definition) is 2. The van der Waals surface area contributed by atoms with Crippen molar-refractivity contribution in [2.45, 2.75) is 12.5 Å². The first-order valence-corrected chi connectivity index (χ1v) is 5.06. The molecule has 1 aliphatic rings. The summed E-state index contributed by atoms with van der Waals surface area (Å²) in [6, 6.07) is 7.04. The fourth-order valence-corrected chi connectivity index (χ4v) is 1.74. The van der Waals surface area contributed by atoms with Gasteiger partial charge in [0, 0.05) is 12.6 Å². The number of benzene rings is 1. The zero-order valence-corrected chi connectivity index (χ0v) is 8.09. The molecule has 2 rings (SSSR count). The van der Waals surface area contributed by atoms with Gasteiger partial charge in [0.05, 0.1) is 0 Å². The van der Waals surface area contributed by atoms with Crippen LogP contribution in [0.25, 0.3) is 0 Å². The highest BCUT2D eigenvalue weighted by Gasteiger charge is 2.12. The van der Waals surface area contributed by atoms with Crippen LogP contribution in [0.5, 0.6) is 0 Å². The molecule has 0 aliphatic carbocycles. The first-order chi connectivity index (χ1) is 6.86. The second kappa shape index (κ2) is 4.53. The summed E-state index contributed by atoms with van der Waals surface area (Å²) >= 11 is 0. The minimum atomic E-state index is -0.171. The molecule has 1 heterocycles. The van der Waals surface area contributed by atoms with E-state index in [1.54, 1.807) is 0 Å². The van der Waals surface area contributed by atoms with Crippen LogP contribution in [-0.4, -0.2) is 19.6 Å². The smallest absolute Gasteiger partial charge is 0.123 e. The Morgan fingerprint density at radius 3 is 2.71 bits per heavy atom. The lowest BCUT2D eigenvalue weighted by Crippen LogP contribution is -2.27. The number of nitrogens with one attached hydrogen (secondary N) is 2. The Labute approximate surface area is 83.5 Å². The van der Waals surface area contributed by atoms with Gasteiger partial charge in [-0.15, -0.1) is 0 Å². The van der Waals surface area contributed by atoms with Gasteiger partial charge in [-0.05, 0) is 37.2 Å². The molecule has 14 heavy (non-hydrogen) atoms. The van der Waals surface area contributed by atoms with E-state index in [0.717, 1.165) is 31.6 Å². The Kier molecular flexibility index (Phi) is 3.11. The molecule has 0 amide bonds. The van der Waals surface area contributed by atoms with E-state index in [2.05, 4.69) is 10.6 Å². The van der Waals surface area contributed by atoms with Crippen LogP contribution in [0.3, 0.4) is 0 Å². The van der Waals surface area contributed by atoms with E-state index in [9.17, 15) is 4.39 Å². The summed E-state index contributed by atoms with van der Waals surface area (Å²) in [5, 5.41) is 6.79. The molecule has 2 nitrogen and oxygen atoms in total. The molecular formula is C11H15FN2. The standard InChI is InChI=1S/C11H15FN2/c12-10-4-2-9(3-5-10)11-8-13-6-1-7-14-11/h2-5,11,13-14H,1,6-8H2/t11-/m1/s1. The molecule has 76 valence electrons. The van der Waals surface area contributed by atoms with E-state index in [-0.39, 0.29) is 5.82 Å². The van der Waals surface area contributed by atoms with Crippen molar-refractivity contribution in [3.63, 3.8) is 0 Å². The predicted molar refractivity (Wildman–Crippen MR) is 54.6 cm³/mol. The molecule has 0 bridgehead atoms. The van der Waals surface area contributed by atoms with Gasteiger partial charge in [-0.25, -0.2) is 4.39 Å². The third kappa shape index (κ3) is 2.30. The van der Waals surface area contributed by atoms with E-state index in [0.29, 0.717) is 6.04 Å². The lowest BCUT2D eigenvalue weighted by atomic mass is 10.1. The summed E-state index contributed by atoms with van der Waals surface area (Å²) in [7, 11) is 0. The van der Waals surface area contributed by atoms with E-state index in [4.69, 9.17) is 0 Å². The van der Waals surface area contributed by atoms with Crippen LogP contribution in [0.1, 0.15) is 18.0 Å². The first kappa shape index (κ1) is 9.62. The normalized spacial score (nSPS) is 23.1. The quantitative estimate of drug-likeness (QED) is 0.707. The number of rotatable bonds is 1. The molecule has 0 unspecified atom stereocenters. The van der Waals surface area contributed by atoms with E-state index < -0.39 is 0 Å². The molecule has 0 spiro atoms. The molecule has 0 aromatic heterocycles. The van der Waals surface area contributed by atoms with Gasteiger partial charge in [-0.2, -0.15) is 0 Å². The number of hydrogen-bond acceptors (Lipinski definition) is 2. The summed E-state index contributed by atoms with van der Waals surface area (Å²) in [5.41, 5.74) is 1.15. The summed E-state index contributed by atoms with van der Waals surface area (Å²) < 4.78 is 12.7. The van der Waals surface area contributed by atoms with Gasteiger partial charge in [0.15, 0.2) is 0 Å². The minimum Gasteiger partial charge on any atom is -0.315 e. The van der Waals surface area contributed by atoms with Gasteiger partial charge in [0.2, 0.25) is 0 Å². The summed E-state index contributed by atoms with van der Waals surface area (Å²) in [5.74, 6) is -0.171. The lowest BCUT2D eigenvalue weighted by Gasteiger charge is -2.15. The molecule has 0 saturated carbocycles. The molecule has 2 N–H and O–H groups in total. The Bertz CT molecular complexity index is 276. The van der Waals surface area contributed by atoms with Crippen LogP contribution in [0, 0.1) is 5.82 Å². The molecule has 1 saturated heterocycles. The van der Waals surface area contributed by atoms with Crippen molar-refractivity contribution in [1.29, 1.82) is 0 Å². The van der Waals surface area contributed by atoms with Crippen LogP contribution in [0.15, 0.2) is 24.3 Å². The molecule has 1 atom stereocenters. The molecule has 0 radical (unpaired) electrons. The van der Waals surface area contributed by atoms with Crippen molar-refractivity contribution in [2.24, 2.45) is 0 Å². The Morgan fingerprint density at radius 2 is 1.93 bits per heavy atom. The molecule has 1 aromatic carbocycles. The third-order valence-corrected chi connectivity index (χ3v) is 2.54. The van der Waals surface area contributed by atoms with Crippen molar-refractivity contribution in [2.75, 3.05) is 19.6 Å². The second-order valence-corrected chi connectivity index (χ2v) is 3.62. The van der Waals surface area contributed by atoms with Crippen LogP contribution < -0.4 is 10.6 Å². The Balaban J connectivity index is 2.08. The van der Waals surface area contributed by atoms with Crippen molar-refractivity contribution < 1.29 is 4.39 Å². The van der Waals surface area contributed by atoms with Crippen molar-refractivity contribution in [3.8, 4) is 0 Å². The monoisotopic (exact) mass is 194 g/mol. The summed E-state index contributed by atoms with van der Waals surface area (Å²) in [6.45, 7) is 3.01. The maximum absolute atomic E-state index is 12.7. The zero-order valence-electron chi connectivity index (χ0n) is 8.09. The zero-order chi connectivity index (χ0) is 9.80. The lowest BCUT2D eigenvalue weighted by molar-refractivity contribution is 0.550. The van der Waals surface area contributed by atoms with Gasteiger partial charge in [-0.1, -0.05) is 12.1 Å². The minimum absolute atomic E-state index is 0.171. The highest BCUT2D eigenvalue weighted by Crippen LogP contribution is 2.13. The fourth-order valence-electron chi connectivity index (χ4n) is 1.74. The summed E-state index contributed by atoms with van der Waals surface area (Å²) in [4.78, 5) is 0. The van der Waals surface area contributed by atoms with Gasteiger partial charge in [0.25, 0.3) is 0 Å². The maximum atomic E-state index is 12.7. The van der Waals surface area contributed by atoms with Crippen molar-refractivity contribution >= 4 is 0 Å². The van der Waals surface area contributed by atoms with Crippen LogP contribution in [-0.2, 0) is 0 Å². The average molecular weight is 194 g/mol. The van der Waals surface area contributed by atoms with Crippen LogP contribution >= 0.6 is 0 Å². The SMILES string of the molecule is Fc1ccc([C@H]2CNCCCN2)cc1. The van der Waals surface area contributed by atoms with E-state index in [1.165, 1.54) is 12.1 Å². The Hall–Kier alpha value is -0.930. The first-order valence-electron chi connectivity index (χ1n) is 5.06. The maximum Gasteiger partial charge on any atom is 0.123 e. The van der Waals surface area contributed by atoms with Gasteiger partial charge in [0.1, 0.15) is 5.82 Å². The summed E-state index contributed by atoms with van der Waals surface area (Å²) in [6.07, 6.45) is 1.15. The van der Waals surface area contributed by atoms with Crippen LogP contribution in [0.4, 0.5) is 4.39 Å². The van der Waals surface area contributed by atoms with Gasteiger partial charge < -0.3 is 10.6 Å². The van der Waals surface area contributed by atoms with E-state index in [1.807, 2.05) is 12.1 Å².